The Balaban J connectivity index is 3.75. The minimum absolute atomic E-state index is 0.272. The molecule has 0 fully saturated rings. The van der Waals surface area contributed by atoms with Gasteiger partial charge in [-0.3, -0.25) is 20.2 Å². The number of carboxylic acid groups (broad SMARTS) is 1. The lowest BCUT2D eigenvalue weighted by Crippen LogP contribution is -2.06. The van der Waals surface area contributed by atoms with Crippen LogP contribution in [0.25, 0.3) is 5.57 Å². The second-order valence-corrected chi connectivity index (χ2v) is 3.87. The summed E-state index contributed by atoms with van der Waals surface area (Å²) in [6.45, 7) is 2.93. The Morgan fingerprint density at radius 2 is 1.74 bits per heavy atom. The molecule has 0 aromatic heterocycles. The molecule has 1 aromatic carbocycles. The third-order valence-corrected chi connectivity index (χ3v) is 2.38. The maximum atomic E-state index is 11.1. The van der Waals surface area contributed by atoms with Gasteiger partial charge in [0.25, 0.3) is 0 Å². The fourth-order valence-corrected chi connectivity index (χ4v) is 1.67. The molecule has 100 valence electrons. The lowest BCUT2D eigenvalue weighted by atomic mass is 9.99. The molecule has 0 aliphatic rings. The van der Waals surface area contributed by atoms with Crippen molar-refractivity contribution in [2.24, 2.45) is 0 Å². The maximum Gasteiger partial charge on any atom is 0.354 e. The van der Waals surface area contributed by atoms with E-state index in [-0.39, 0.29) is 11.1 Å². The first kappa shape index (κ1) is 14.3. The second-order valence-electron chi connectivity index (χ2n) is 3.87. The molecule has 0 amide bonds. The molecule has 0 bridgehead atoms. The van der Waals surface area contributed by atoms with Gasteiger partial charge in [0.05, 0.1) is 21.0 Å². The molecule has 1 rings (SSSR count). The average Bonchev–Trinajstić information content (AvgIpc) is 2.27. The highest BCUT2D eigenvalue weighted by atomic mass is 16.6. The minimum Gasteiger partial charge on any atom is -0.478 e. The highest BCUT2D eigenvalue weighted by Crippen LogP contribution is 2.35. The number of hydrogen-bond donors (Lipinski definition) is 1. The molecule has 1 N–H and O–H groups in total. The minimum atomic E-state index is -1.37. The number of para-hydroxylation sites is 1. The van der Waals surface area contributed by atoms with Gasteiger partial charge in [-0.2, -0.15) is 0 Å². The smallest absolute Gasteiger partial charge is 0.354 e. The molecular formula is C11H10N2O6. The van der Waals surface area contributed by atoms with Crippen molar-refractivity contribution < 1.29 is 19.7 Å². The summed E-state index contributed by atoms with van der Waals surface area (Å²) in [5.41, 5.74) is -1.81. The van der Waals surface area contributed by atoms with Gasteiger partial charge in [0, 0.05) is 6.07 Å². The Kier molecular flexibility index (Phi) is 3.95. The van der Waals surface area contributed by atoms with E-state index >= 15 is 0 Å². The number of nitro benzene ring substituents is 2. The first-order valence-electron chi connectivity index (χ1n) is 5.10. The number of nitro groups is 2. The first-order chi connectivity index (χ1) is 8.77. The number of aliphatic carboxylic acids is 1. The van der Waals surface area contributed by atoms with E-state index < -0.39 is 27.2 Å². The van der Waals surface area contributed by atoms with E-state index in [0.717, 1.165) is 6.07 Å². The molecular weight excluding hydrogens is 256 g/mol. The molecule has 19 heavy (non-hydrogen) atoms. The Labute approximate surface area is 107 Å². The highest BCUT2D eigenvalue weighted by molar-refractivity contribution is 6.17. The van der Waals surface area contributed by atoms with Crippen LogP contribution in [0, 0.1) is 20.2 Å². The third-order valence-electron chi connectivity index (χ3n) is 2.38. The zero-order valence-electron chi connectivity index (χ0n) is 10.1. The fourth-order valence-electron chi connectivity index (χ4n) is 1.67. The van der Waals surface area contributed by atoms with Crippen LogP contribution in [-0.2, 0) is 4.79 Å². The largest absolute Gasteiger partial charge is 0.478 e. The van der Waals surface area contributed by atoms with E-state index in [0.29, 0.717) is 5.57 Å². The van der Waals surface area contributed by atoms with Crippen LogP contribution in [0.15, 0.2) is 23.8 Å². The normalized spacial score (nSPS) is 9.79. The van der Waals surface area contributed by atoms with E-state index in [1.165, 1.54) is 26.0 Å². The number of allylic oxidation sites excluding steroid dienone is 1. The number of carbonyl (C=O) groups is 1. The van der Waals surface area contributed by atoms with Crippen molar-refractivity contribution in [3.63, 3.8) is 0 Å². The van der Waals surface area contributed by atoms with Crippen LogP contribution in [0.2, 0.25) is 0 Å². The number of rotatable bonds is 4. The summed E-state index contributed by atoms with van der Waals surface area (Å²) in [5, 5.41) is 30.8. The molecule has 0 spiro atoms. The third kappa shape index (κ3) is 2.73. The SMILES string of the molecule is CC(C)=C(C(=O)O)c1cccc([N+](=O)[O-])c1[N+](=O)[O-]. The molecule has 0 saturated heterocycles. The lowest BCUT2D eigenvalue weighted by molar-refractivity contribution is -0.422. The Bertz CT molecular complexity index is 601. The van der Waals surface area contributed by atoms with Gasteiger partial charge < -0.3 is 5.11 Å². The van der Waals surface area contributed by atoms with E-state index in [9.17, 15) is 25.0 Å². The lowest BCUT2D eigenvalue weighted by Gasteiger charge is -2.06. The van der Waals surface area contributed by atoms with Gasteiger partial charge in [-0.25, -0.2) is 4.79 Å². The zero-order chi connectivity index (χ0) is 14.7. The zero-order valence-corrected chi connectivity index (χ0v) is 10.1. The van der Waals surface area contributed by atoms with Crippen LogP contribution in [0.4, 0.5) is 11.4 Å². The Morgan fingerprint density at radius 1 is 1.16 bits per heavy atom. The number of hydrogen-bond acceptors (Lipinski definition) is 5. The fraction of sp³-hybridized carbons (Fsp3) is 0.182. The second kappa shape index (κ2) is 5.25. The predicted molar refractivity (Wildman–Crippen MR) is 65.7 cm³/mol. The number of nitrogens with zero attached hydrogens (tertiary/aromatic N) is 2. The van der Waals surface area contributed by atoms with Crippen molar-refractivity contribution in [3.05, 3.63) is 49.6 Å². The van der Waals surface area contributed by atoms with Crippen LogP contribution in [0.5, 0.6) is 0 Å². The monoisotopic (exact) mass is 266 g/mol. The quantitative estimate of drug-likeness (QED) is 0.506. The van der Waals surface area contributed by atoms with Crippen molar-refractivity contribution in [1.29, 1.82) is 0 Å². The highest BCUT2D eigenvalue weighted by Gasteiger charge is 2.31. The van der Waals surface area contributed by atoms with Crippen LogP contribution in [0.1, 0.15) is 19.4 Å². The molecule has 0 aliphatic carbocycles. The van der Waals surface area contributed by atoms with E-state index in [1.54, 1.807) is 0 Å². The first-order valence-corrected chi connectivity index (χ1v) is 5.10. The van der Waals surface area contributed by atoms with Crippen LogP contribution in [-0.4, -0.2) is 20.9 Å². The standard InChI is InChI=1S/C11H10N2O6/c1-6(2)9(11(14)15)7-4-3-5-8(12(16)17)10(7)13(18)19/h3-5H,1-2H3,(H,14,15). The Morgan fingerprint density at radius 3 is 2.11 bits per heavy atom. The van der Waals surface area contributed by atoms with Crippen molar-refractivity contribution in [2.45, 2.75) is 13.8 Å². The molecule has 1 aromatic rings. The molecule has 8 nitrogen and oxygen atoms in total. The van der Waals surface area contributed by atoms with Crippen molar-refractivity contribution >= 4 is 22.9 Å². The summed E-state index contributed by atoms with van der Waals surface area (Å²) in [7, 11) is 0. The van der Waals surface area contributed by atoms with E-state index in [4.69, 9.17) is 5.11 Å². The summed E-state index contributed by atoms with van der Waals surface area (Å²) in [5.74, 6) is -1.37. The van der Waals surface area contributed by atoms with Gasteiger partial charge >= 0.3 is 17.3 Å². The van der Waals surface area contributed by atoms with Gasteiger partial charge in [-0.05, 0) is 19.9 Å². The summed E-state index contributed by atoms with van der Waals surface area (Å²) in [6, 6.07) is 3.36. The summed E-state index contributed by atoms with van der Waals surface area (Å²) >= 11 is 0. The molecule has 0 heterocycles. The van der Waals surface area contributed by atoms with Gasteiger partial charge in [0.15, 0.2) is 0 Å². The summed E-state index contributed by atoms with van der Waals surface area (Å²) in [6.07, 6.45) is 0. The Hall–Kier alpha value is -2.77. The van der Waals surface area contributed by atoms with Gasteiger partial charge in [-0.1, -0.05) is 11.6 Å². The van der Waals surface area contributed by atoms with Crippen LogP contribution in [0.3, 0.4) is 0 Å². The summed E-state index contributed by atoms with van der Waals surface area (Å²) < 4.78 is 0. The van der Waals surface area contributed by atoms with E-state index in [2.05, 4.69) is 0 Å². The van der Waals surface area contributed by atoms with E-state index in [1.807, 2.05) is 0 Å². The van der Waals surface area contributed by atoms with Gasteiger partial charge in [-0.15, -0.1) is 0 Å². The molecule has 0 radical (unpaired) electrons. The number of benzene rings is 1. The number of carboxylic acids is 1. The van der Waals surface area contributed by atoms with Crippen molar-refractivity contribution in [2.75, 3.05) is 0 Å². The van der Waals surface area contributed by atoms with Gasteiger partial charge in [0.2, 0.25) is 0 Å². The van der Waals surface area contributed by atoms with Crippen LogP contribution >= 0.6 is 0 Å². The molecule has 8 heteroatoms. The molecule has 0 aliphatic heterocycles. The predicted octanol–water partition coefficient (Wildman–Crippen LogP) is 2.38. The van der Waals surface area contributed by atoms with Crippen LogP contribution < -0.4 is 0 Å². The van der Waals surface area contributed by atoms with Crippen molar-refractivity contribution in [3.8, 4) is 0 Å². The molecule has 0 unspecified atom stereocenters. The van der Waals surface area contributed by atoms with Crippen molar-refractivity contribution in [1.82, 2.24) is 0 Å². The topological polar surface area (TPSA) is 124 Å². The molecule has 0 saturated carbocycles. The summed E-state index contributed by atoms with van der Waals surface area (Å²) in [4.78, 5) is 31.1. The van der Waals surface area contributed by atoms with Gasteiger partial charge in [0.1, 0.15) is 0 Å². The molecule has 0 atom stereocenters. The average molecular weight is 266 g/mol. The maximum absolute atomic E-state index is 11.1.